The first-order valence-electron chi connectivity index (χ1n) is 6.70. The summed E-state index contributed by atoms with van der Waals surface area (Å²) in [6, 6.07) is 0. The molecule has 1 heterocycles. The Balaban J connectivity index is 2.53. The molecule has 0 aliphatic carbocycles. The molecule has 0 aromatic carbocycles. The van der Waals surface area contributed by atoms with E-state index in [0.29, 0.717) is 19.0 Å². The molecule has 6 nitrogen and oxygen atoms in total. The zero-order valence-corrected chi connectivity index (χ0v) is 12.8. The van der Waals surface area contributed by atoms with Crippen molar-refractivity contribution in [2.24, 2.45) is 5.92 Å². The van der Waals surface area contributed by atoms with Crippen molar-refractivity contribution in [3.8, 4) is 0 Å². The van der Waals surface area contributed by atoms with Crippen LogP contribution in [0.25, 0.3) is 0 Å². The smallest absolute Gasteiger partial charge is 0.306 e. The summed E-state index contributed by atoms with van der Waals surface area (Å²) < 4.78 is 31.8. The Morgan fingerprint density at radius 1 is 1.37 bits per heavy atom. The van der Waals surface area contributed by atoms with Gasteiger partial charge in [-0.05, 0) is 18.8 Å². The maximum absolute atomic E-state index is 12.3. The van der Waals surface area contributed by atoms with Gasteiger partial charge >= 0.3 is 5.97 Å². The van der Waals surface area contributed by atoms with Crippen molar-refractivity contribution in [3.05, 3.63) is 0 Å². The van der Waals surface area contributed by atoms with E-state index in [4.69, 9.17) is 0 Å². The van der Waals surface area contributed by atoms with E-state index in [1.165, 1.54) is 22.8 Å². The molecule has 112 valence electrons. The molecule has 0 aromatic rings. The highest BCUT2D eigenvalue weighted by atomic mass is 32.2. The van der Waals surface area contributed by atoms with Gasteiger partial charge in [0.05, 0.1) is 13.5 Å². The summed E-state index contributed by atoms with van der Waals surface area (Å²) in [7, 11) is -0.637. The third-order valence-corrected chi connectivity index (χ3v) is 5.72. The van der Waals surface area contributed by atoms with Gasteiger partial charge in [-0.2, -0.15) is 17.0 Å². The van der Waals surface area contributed by atoms with Gasteiger partial charge in [-0.3, -0.25) is 4.79 Å². The largest absolute Gasteiger partial charge is 0.469 e. The summed E-state index contributed by atoms with van der Waals surface area (Å²) in [5, 5.41) is 0. The number of esters is 1. The van der Waals surface area contributed by atoms with Gasteiger partial charge in [0.25, 0.3) is 10.2 Å². The summed E-state index contributed by atoms with van der Waals surface area (Å²) in [4.78, 5) is 11.0. The zero-order valence-electron chi connectivity index (χ0n) is 12.0. The predicted molar refractivity (Wildman–Crippen MR) is 72.8 cm³/mol. The molecule has 7 heteroatoms. The van der Waals surface area contributed by atoms with Crippen LogP contribution in [0.3, 0.4) is 0 Å². The Morgan fingerprint density at radius 2 is 1.95 bits per heavy atom. The highest BCUT2D eigenvalue weighted by molar-refractivity contribution is 7.86. The minimum Gasteiger partial charge on any atom is -0.469 e. The van der Waals surface area contributed by atoms with E-state index in [-0.39, 0.29) is 13.0 Å². The lowest BCUT2D eigenvalue weighted by atomic mass is 9.96. The number of nitrogens with zero attached hydrogens (tertiary/aromatic N) is 2. The molecule has 0 amide bonds. The summed E-state index contributed by atoms with van der Waals surface area (Å²) in [5.41, 5.74) is 0. The van der Waals surface area contributed by atoms with Crippen LogP contribution in [0.5, 0.6) is 0 Å². The first-order chi connectivity index (χ1) is 8.91. The van der Waals surface area contributed by atoms with E-state index >= 15 is 0 Å². The van der Waals surface area contributed by atoms with Gasteiger partial charge in [0.2, 0.25) is 0 Å². The molecule has 0 radical (unpaired) electrons. The molecular weight excluding hydrogens is 268 g/mol. The lowest BCUT2D eigenvalue weighted by molar-refractivity contribution is -0.140. The molecule has 0 unspecified atom stereocenters. The summed E-state index contributed by atoms with van der Waals surface area (Å²) in [6.07, 6.45) is 3.02. The number of rotatable bonds is 6. The number of piperidine rings is 1. The molecule has 0 N–H and O–H groups in total. The highest BCUT2D eigenvalue weighted by Gasteiger charge is 2.30. The lowest BCUT2D eigenvalue weighted by Gasteiger charge is -2.33. The molecule has 1 saturated heterocycles. The van der Waals surface area contributed by atoms with E-state index in [2.05, 4.69) is 11.7 Å². The van der Waals surface area contributed by atoms with Crippen molar-refractivity contribution < 1.29 is 17.9 Å². The molecule has 1 fully saturated rings. The molecule has 0 aromatic heterocycles. The summed E-state index contributed by atoms with van der Waals surface area (Å²) >= 11 is 0. The number of hydrogen-bond donors (Lipinski definition) is 0. The van der Waals surface area contributed by atoms with E-state index in [1.807, 2.05) is 0 Å². The van der Waals surface area contributed by atoms with Gasteiger partial charge in [0.15, 0.2) is 0 Å². The van der Waals surface area contributed by atoms with Crippen LogP contribution in [0.2, 0.25) is 0 Å². The van der Waals surface area contributed by atoms with E-state index in [9.17, 15) is 13.2 Å². The average Bonchev–Trinajstić information content (AvgIpc) is 2.44. The van der Waals surface area contributed by atoms with E-state index < -0.39 is 16.2 Å². The fraction of sp³-hybridized carbons (Fsp3) is 0.917. The van der Waals surface area contributed by atoms with Gasteiger partial charge in [-0.1, -0.05) is 13.3 Å². The number of carbonyl (C=O) groups is 1. The molecule has 0 saturated carbocycles. The number of methoxy groups -OCH3 is 1. The van der Waals surface area contributed by atoms with E-state index in [0.717, 1.165) is 19.3 Å². The normalized spacial score (nSPS) is 18.7. The van der Waals surface area contributed by atoms with Crippen LogP contribution in [0, 0.1) is 5.92 Å². The summed E-state index contributed by atoms with van der Waals surface area (Å²) in [5.74, 6) is 0.235. The second-order valence-corrected chi connectivity index (χ2v) is 6.94. The van der Waals surface area contributed by atoms with Crippen molar-refractivity contribution in [1.29, 1.82) is 0 Å². The van der Waals surface area contributed by atoms with Crippen molar-refractivity contribution >= 4 is 16.2 Å². The maximum Gasteiger partial charge on any atom is 0.306 e. The first kappa shape index (κ1) is 16.4. The Bertz CT molecular complexity index is 389. The number of ether oxygens (including phenoxy) is 1. The molecule has 0 atom stereocenters. The molecule has 1 rings (SSSR count). The van der Waals surface area contributed by atoms with Crippen LogP contribution in [-0.4, -0.2) is 56.8 Å². The van der Waals surface area contributed by atoms with Crippen molar-refractivity contribution in [1.82, 2.24) is 8.61 Å². The molecular formula is C12H24N2O4S. The Hall–Kier alpha value is -0.660. The predicted octanol–water partition coefficient (Wildman–Crippen LogP) is 0.848. The van der Waals surface area contributed by atoms with Crippen LogP contribution < -0.4 is 0 Å². The van der Waals surface area contributed by atoms with Gasteiger partial charge in [-0.25, -0.2) is 0 Å². The molecule has 1 aliphatic rings. The minimum atomic E-state index is -3.44. The van der Waals surface area contributed by atoms with Crippen LogP contribution in [0.1, 0.15) is 32.6 Å². The SMILES string of the molecule is CCC1CCN(S(=O)(=O)N(C)CCC(=O)OC)CC1. The molecule has 0 bridgehead atoms. The fourth-order valence-electron chi connectivity index (χ4n) is 2.21. The third kappa shape index (κ3) is 4.43. The van der Waals surface area contributed by atoms with Gasteiger partial charge in [-0.15, -0.1) is 0 Å². The summed E-state index contributed by atoms with van der Waals surface area (Å²) in [6.45, 7) is 3.44. The first-order valence-corrected chi connectivity index (χ1v) is 8.09. The fourth-order valence-corrected chi connectivity index (χ4v) is 3.60. The van der Waals surface area contributed by atoms with Crippen molar-refractivity contribution in [3.63, 3.8) is 0 Å². The van der Waals surface area contributed by atoms with Crippen molar-refractivity contribution in [2.75, 3.05) is 33.8 Å². The second-order valence-electron chi connectivity index (χ2n) is 4.91. The Kier molecular flexibility index (Phi) is 6.22. The highest BCUT2D eigenvalue weighted by Crippen LogP contribution is 2.22. The van der Waals surface area contributed by atoms with Gasteiger partial charge in [0.1, 0.15) is 0 Å². The van der Waals surface area contributed by atoms with Crippen LogP contribution >= 0.6 is 0 Å². The van der Waals surface area contributed by atoms with Crippen LogP contribution in [0.15, 0.2) is 0 Å². The topological polar surface area (TPSA) is 66.9 Å². The zero-order chi connectivity index (χ0) is 14.5. The third-order valence-electron chi connectivity index (χ3n) is 3.73. The molecule has 1 aliphatic heterocycles. The number of hydrogen-bond acceptors (Lipinski definition) is 4. The van der Waals surface area contributed by atoms with Crippen LogP contribution in [-0.2, 0) is 19.7 Å². The van der Waals surface area contributed by atoms with Gasteiger partial charge < -0.3 is 4.74 Å². The Labute approximate surface area is 115 Å². The maximum atomic E-state index is 12.3. The number of carbonyl (C=O) groups excluding carboxylic acids is 1. The van der Waals surface area contributed by atoms with Crippen molar-refractivity contribution in [2.45, 2.75) is 32.6 Å². The second kappa shape index (κ2) is 7.21. The minimum absolute atomic E-state index is 0.0810. The van der Waals surface area contributed by atoms with Gasteiger partial charge in [0, 0.05) is 26.7 Å². The lowest BCUT2D eigenvalue weighted by Crippen LogP contribution is -2.46. The monoisotopic (exact) mass is 292 g/mol. The molecule has 0 spiro atoms. The average molecular weight is 292 g/mol. The van der Waals surface area contributed by atoms with E-state index in [1.54, 1.807) is 0 Å². The quantitative estimate of drug-likeness (QED) is 0.681. The Morgan fingerprint density at radius 3 is 2.42 bits per heavy atom. The van der Waals surface area contributed by atoms with Crippen LogP contribution in [0.4, 0.5) is 0 Å². The standard InChI is InChI=1S/C12H24N2O4S/c1-4-11-5-9-14(10-6-11)19(16,17)13(2)8-7-12(15)18-3/h11H,4-10H2,1-3H3. The molecule has 19 heavy (non-hydrogen) atoms.